The lowest BCUT2D eigenvalue weighted by Crippen LogP contribution is -2.44. The normalized spacial score (nSPS) is 14.4. The molecule has 6 rings (SSSR count). The number of halogens is 2. The zero-order valence-corrected chi connectivity index (χ0v) is 22.9. The van der Waals surface area contributed by atoms with Crippen LogP contribution in [0.1, 0.15) is 11.3 Å². The molecule has 2 aromatic carbocycles. The smallest absolute Gasteiger partial charge is 0.281 e. The van der Waals surface area contributed by atoms with Crippen LogP contribution in [0.4, 0.5) is 17.3 Å². The Hall–Kier alpha value is -3.70. The average Bonchev–Trinajstić information content (AvgIpc) is 3.36. The summed E-state index contributed by atoms with van der Waals surface area (Å²) in [4.78, 5) is 32.0. The fourth-order valence-electron chi connectivity index (χ4n) is 4.95. The van der Waals surface area contributed by atoms with Gasteiger partial charge in [0.05, 0.1) is 33.9 Å². The number of para-hydroxylation sites is 1. The summed E-state index contributed by atoms with van der Waals surface area (Å²) in [6.45, 7) is 5.83. The van der Waals surface area contributed by atoms with E-state index in [-0.39, 0.29) is 12.0 Å². The number of likely N-dealkylation sites (N-methyl/N-ethyl adjacent to an activating group) is 1. The number of rotatable bonds is 5. The van der Waals surface area contributed by atoms with Crippen LogP contribution in [-0.4, -0.2) is 67.4 Å². The SMILES string of the molecule is Cc1cc(Nc2ncc3c(=O)n(-c4c(Cl)cccc4Cl)n4cc(CO)nc4c3n2)ccc1N1CCN(C)CC1. The van der Waals surface area contributed by atoms with Crippen LogP contribution >= 0.6 is 23.2 Å². The minimum atomic E-state index is -0.423. The summed E-state index contributed by atoms with van der Waals surface area (Å²) >= 11 is 12.9. The highest BCUT2D eigenvalue weighted by atomic mass is 35.5. The third-order valence-corrected chi connectivity index (χ3v) is 7.59. The lowest BCUT2D eigenvalue weighted by Gasteiger charge is -2.35. The quantitative estimate of drug-likeness (QED) is 0.329. The number of aromatic nitrogens is 5. The number of imidazole rings is 1. The molecule has 12 heteroatoms. The summed E-state index contributed by atoms with van der Waals surface area (Å²) in [6, 6.07) is 11.2. The van der Waals surface area contributed by atoms with Gasteiger partial charge in [-0.1, -0.05) is 29.3 Å². The number of aryl methyl sites for hydroxylation is 1. The van der Waals surface area contributed by atoms with Crippen LogP contribution in [0, 0.1) is 6.92 Å². The van der Waals surface area contributed by atoms with Crippen LogP contribution in [0.5, 0.6) is 0 Å². The first-order valence-electron chi connectivity index (χ1n) is 12.5. The fourth-order valence-corrected chi connectivity index (χ4v) is 5.51. The van der Waals surface area contributed by atoms with Gasteiger partial charge >= 0.3 is 0 Å². The number of nitrogens with zero attached hydrogens (tertiary/aromatic N) is 7. The Morgan fingerprint density at radius 3 is 2.49 bits per heavy atom. The second-order valence-electron chi connectivity index (χ2n) is 9.62. The third kappa shape index (κ3) is 4.59. The van der Waals surface area contributed by atoms with Gasteiger partial charge in [0, 0.05) is 43.8 Å². The monoisotopic (exact) mass is 564 g/mol. The summed E-state index contributed by atoms with van der Waals surface area (Å²) in [7, 11) is 2.14. The van der Waals surface area contributed by atoms with Crippen molar-refractivity contribution in [3.05, 3.63) is 80.4 Å². The number of fused-ring (bicyclic) bond motifs is 3. The molecule has 200 valence electrons. The molecular formula is C27H26Cl2N8O2. The predicted molar refractivity (Wildman–Crippen MR) is 154 cm³/mol. The first-order chi connectivity index (χ1) is 18.8. The standard InChI is InChI=1S/C27H26Cl2N8O2/c1-16-12-17(6-7-22(16)35-10-8-34(2)9-11-35)32-27-30-13-19-23(33-27)25-31-18(15-38)14-36(25)37(26(19)39)24-20(28)4-3-5-21(24)29/h3-7,12-14,38H,8-11,15H2,1-2H3,(H,30,32,33). The second-order valence-corrected chi connectivity index (χ2v) is 10.4. The molecule has 2 N–H and O–H groups in total. The molecule has 1 aliphatic rings. The zero-order chi connectivity index (χ0) is 27.3. The zero-order valence-electron chi connectivity index (χ0n) is 21.4. The average molecular weight is 565 g/mol. The van der Waals surface area contributed by atoms with Crippen molar-refractivity contribution in [2.45, 2.75) is 13.5 Å². The van der Waals surface area contributed by atoms with Crippen LogP contribution in [0.3, 0.4) is 0 Å². The van der Waals surface area contributed by atoms with E-state index in [4.69, 9.17) is 23.2 Å². The van der Waals surface area contributed by atoms with E-state index in [0.717, 1.165) is 37.4 Å². The predicted octanol–water partition coefficient (Wildman–Crippen LogP) is 4.03. The maximum Gasteiger partial charge on any atom is 0.281 e. The first kappa shape index (κ1) is 25.6. The van der Waals surface area contributed by atoms with Crippen molar-refractivity contribution in [1.29, 1.82) is 0 Å². The van der Waals surface area contributed by atoms with Crippen molar-refractivity contribution < 1.29 is 5.11 Å². The molecule has 0 saturated carbocycles. The third-order valence-electron chi connectivity index (χ3n) is 6.98. The fraction of sp³-hybridized carbons (Fsp3) is 0.259. The molecule has 1 fully saturated rings. The number of aliphatic hydroxyl groups excluding tert-OH is 1. The van der Waals surface area contributed by atoms with Gasteiger partial charge in [0.15, 0.2) is 5.65 Å². The molecule has 4 heterocycles. The van der Waals surface area contributed by atoms with Gasteiger partial charge in [-0.15, -0.1) is 0 Å². The van der Waals surface area contributed by atoms with Gasteiger partial charge in [0.1, 0.15) is 11.2 Å². The van der Waals surface area contributed by atoms with Crippen LogP contribution in [-0.2, 0) is 6.61 Å². The van der Waals surface area contributed by atoms with Crippen molar-refractivity contribution in [2.24, 2.45) is 0 Å². The number of nitrogens with one attached hydrogen (secondary N) is 1. The Labute approximate surface area is 234 Å². The van der Waals surface area contributed by atoms with Gasteiger partial charge in [-0.05, 0) is 49.9 Å². The number of hydrogen-bond acceptors (Lipinski definition) is 8. The number of aliphatic hydroxyl groups is 1. The second kappa shape index (κ2) is 10.1. The topological polar surface area (TPSA) is 104 Å². The Balaban J connectivity index is 1.42. The molecule has 39 heavy (non-hydrogen) atoms. The van der Waals surface area contributed by atoms with Crippen LogP contribution in [0.2, 0.25) is 10.0 Å². The minimum Gasteiger partial charge on any atom is -0.390 e. The highest BCUT2D eigenvalue weighted by molar-refractivity contribution is 6.37. The van der Waals surface area contributed by atoms with Gasteiger partial charge in [0.2, 0.25) is 5.95 Å². The molecule has 10 nitrogen and oxygen atoms in total. The van der Waals surface area contributed by atoms with Crippen molar-refractivity contribution in [1.82, 2.24) is 29.0 Å². The number of piperazine rings is 1. The molecular weight excluding hydrogens is 539 g/mol. The number of anilines is 3. The van der Waals surface area contributed by atoms with Gasteiger partial charge in [-0.2, -0.15) is 0 Å². The Morgan fingerprint density at radius 2 is 1.79 bits per heavy atom. The van der Waals surface area contributed by atoms with E-state index < -0.39 is 5.56 Å². The summed E-state index contributed by atoms with van der Waals surface area (Å²) in [5.74, 6) is 0.317. The van der Waals surface area contributed by atoms with Crippen LogP contribution < -0.4 is 15.8 Å². The van der Waals surface area contributed by atoms with Gasteiger partial charge in [-0.3, -0.25) is 4.79 Å². The van der Waals surface area contributed by atoms with Gasteiger partial charge in [0.25, 0.3) is 5.56 Å². The molecule has 0 amide bonds. The Morgan fingerprint density at radius 1 is 1.05 bits per heavy atom. The van der Waals surface area contributed by atoms with Crippen molar-refractivity contribution in [2.75, 3.05) is 43.4 Å². The number of hydrogen-bond donors (Lipinski definition) is 2. The molecule has 0 aliphatic carbocycles. The van der Waals surface area contributed by atoms with Gasteiger partial charge in [-0.25, -0.2) is 24.1 Å². The summed E-state index contributed by atoms with van der Waals surface area (Å²) in [5, 5.41) is 13.9. The van der Waals surface area contributed by atoms with Crippen molar-refractivity contribution in [3.63, 3.8) is 0 Å². The molecule has 0 unspecified atom stereocenters. The van der Waals surface area contributed by atoms with E-state index in [2.05, 4.69) is 56.2 Å². The molecule has 1 aliphatic heterocycles. The molecule has 5 aromatic rings. The van der Waals surface area contributed by atoms with E-state index in [1.165, 1.54) is 21.1 Å². The Kier molecular flexibility index (Phi) is 6.64. The lowest BCUT2D eigenvalue weighted by molar-refractivity contribution is 0.277. The molecule has 1 saturated heterocycles. The minimum absolute atomic E-state index is 0.237. The van der Waals surface area contributed by atoms with E-state index in [1.807, 2.05) is 6.07 Å². The van der Waals surface area contributed by atoms with Gasteiger partial charge < -0.3 is 20.2 Å². The number of benzene rings is 2. The molecule has 3 aromatic heterocycles. The highest BCUT2D eigenvalue weighted by Gasteiger charge is 2.21. The van der Waals surface area contributed by atoms with Crippen molar-refractivity contribution >= 4 is 57.1 Å². The van der Waals surface area contributed by atoms with Crippen molar-refractivity contribution in [3.8, 4) is 5.69 Å². The van der Waals surface area contributed by atoms with E-state index in [0.29, 0.717) is 38.5 Å². The van der Waals surface area contributed by atoms with E-state index in [1.54, 1.807) is 24.4 Å². The van der Waals surface area contributed by atoms with E-state index >= 15 is 0 Å². The molecule has 0 radical (unpaired) electrons. The summed E-state index contributed by atoms with van der Waals surface area (Å²) < 4.78 is 2.83. The maximum atomic E-state index is 13.7. The maximum absolute atomic E-state index is 13.7. The lowest BCUT2D eigenvalue weighted by atomic mass is 10.1. The molecule has 0 bridgehead atoms. The molecule has 0 atom stereocenters. The van der Waals surface area contributed by atoms with Crippen LogP contribution in [0.25, 0.3) is 22.2 Å². The van der Waals surface area contributed by atoms with E-state index in [9.17, 15) is 9.90 Å². The summed E-state index contributed by atoms with van der Waals surface area (Å²) in [6.07, 6.45) is 3.03. The summed E-state index contributed by atoms with van der Waals surface area (Å²) in [5.41, 5.74) is 4.12. The Bertz CT molecular complexity index is 1760. The largest absolute Gasteiger partial charge is 0.390 e. The molecule has 0 spiro atoms. The van der Waals surface area contributed by atoms with Crippen LogP contribution in [0.15, 0.2) is 53.6 Å². The first-order valence-corrected chi connectivity index (χ1v) is 13.3. The highest BCUT2D eigenvalue weighted by Crippen LogP contribution is 2.30.